The largest absolute Gasteiger partial charge is 0.479 e. The van der Waals surface area contributed by atoms with E-state index >= 15 is 0 Å². The Morgan fingerprint density at radius 1 is 1.46 bits per heavy atom. The Labute approximate surface area is 78.5 Å². The second kappa shape index (κ2) is 5.19. The molecule has 0 bridgehead atoms. The number of carboxylic acid groups (broad SMARTS) is 1. The fraction of sp³-hybridized carbons (Fsp3) is 0.889. The lowest BCUT2D eigenvalue weighted by Crippen LogP contribution is -2.37. The van der Waals surface area contributed by atoms with E-state index in [-0.39, 0.29) is 13.2 Å². The number of hydrogen-bond acceptors (Lipinski definition) is 3. The molecule has 13 heavy (non-hydrogen) atoms. The third-order valence-corrected chi connectivity index (χ3v) is 1.60. The summed E-state index contributed by atoms with van der Waals surface area (Å²) in [7, 11) is 0. The van der Waals surface area contributed by atoms with Gasteiger partial charge in [0.15, 0.2) is 6.10 Å². The number of hydrogen-bond donors (Lipinski definition) is 2. The number of carbonyl (C=O) groups is 1. The molecule has 4 heteroatoms. The highest BCUT2D eigenvalue weighted by Gasteiger charge is 2.31. The Bertz CT molecular complexity index is 159. The summed E-state index contributed by atoms with van der Waals surface area (Å²) in [5.41, 5.74) is -0.415. The number of carboxylic acids is 1. The van der Waals surface area contributed by atoms with Crippen LogP contribution in [0.1, 0.15) is 27.2 Å². The van der Waals surface area contributed by atoms with Crippen LogP contribution in [0.5, 0.6) is 0 Å². The number of aliphatic carboxylic acids is 1. The van der Waals surface area contributed by atoms with Gasteiger partial charge in [0.05, 0.1) is 0 Å². The Hall–Kier alpha value is -0.610. The molecular formula is C9H18O4. The van der Waals surface area contributed by atoms with Gasteiger partial charge in [-0.3, -0.25) is 0 Å². The van der Waals surface area contributed by atoms with Crippen LogP contribution in [0.3, 0.4) is 0 Å². The highest BCUT2D eigenvalue weighted by atomic mass is 16.5. The Morgan fingerprint density at radius 2 is 2.00 bits per heavy atom. The van der Waals surface area contributed by atoms with E-state index in [4.69, 9.17) is 14.9 Å². The van der Waals surface area contributed by atoms with E-state index in [0.717, 1.165) is 0 Å². The maximum atomic E-state index is 10.8. The molecule has 1 atom stereocenters. The van der Waals surface area contributed by atoms with Gasteiger partial charge in [0.25, 0.3) is 0 Å². The minimum Gasteiger partial charge on any atom is -0.479 e. The predicted molar refractivity (Wildman–Crippen MR) is 48.5 cm³/mol. The summed E-state index contributed by atoms with van der Waals surface area (Å²) in [6.07, 6.45) is -0.334. The van der Waals surface area contributed by atoms with Crippen LogP contribution in [-0.4, -0.2) is 35.5 Å². The summed E-state index contributed by atoms with van der Waals surface area (Å²) in [6.45, 7) is 5.74. The molecule has 0 aliphatic carbocycles. The molecule has 4 nitrogen and oxygen atoms in total. The van der Waals surface area contributed by atoms with Crippen LogP contribution in [0, 0.1) is 5.41 Å². The molecule has 0 saturated carbocycles. The average Bonchev–Trinajstić information content (AvgIpc) is 1.94. The van der Waals surface area contributed by atoms with Crippen molar-refractivity contribution in [3.63, 3.8) is 0 Å². The smallest absolute Gasteiger partial charge is 0.333 e. The first-order chi connectivity index (χ1) is 5.89. The van der Waals surface area contributed by atoms with Crippen LogP contribution < -0.4 is 0 Å². The van der Waals surface area contributed by atoms with Gasteiger partial charge in [0, 0.05) is 13.2 Å². The zero-order valence-electron chi connectivity index (χ0n) is 8.41. The van der Waals surface area contributed by atoms with Gasteiger partial charge >= 0.3 is 5.97 Å². The molecule has 0 heterocycles. The molecule has 0 aromatic heterocycles. The summed E-state index contributed by atoms with van der Waals surface area (Å²) in [5, 5.41) is 17.3. The molecule has 0 amide bonds. The summed E-state index contributed by atoms with van der Waals surface area (Å²) in [5.74, 6) is -0.953. The predicted octanol–water partition coefficient (Wildman–Crippen LogP) is 0.885. The second-order valence-electron chi connectivity index (χ2n) is 4.03. The highest BCUT2D eigenvalue weighted by molar-refractivity contribution is 5.73. The van der Waals surface area contributed by atoms with E-state index in [9.17, 15) is 4.79 Å². The van der Waals surface area contributed by atoms with Crippen molar-refractivity contribution in [1.29, 1.82) is 0 Å². The van der Waals surface area contributed by atoms with Gasteiger partial charge in [0.1, 0.15) is 0 Å². The van der Waals surface area contributed by atoms with Crippen molar-refractivity contribution in [2.75, 3.05) is 13.2 Å². The van der Waals surface area contributed by atoms with Gasteiger partial charge in [-0.25, -0.2) is 4.79 Å². The van der Waals surface area contributed by atoms with Gasteiger partial charge in [-0.05, 0) is 11.8 Å². The molecule has 0 aliphatic rings. The lowest BCUT2D eigenvalue weighted by atomic mass is 9.89. The summed E-state index contributed by atoms with van der Waals surface area (Å²) < 4.78 is 5.15. The molecule has 1 unspecified atom stereocenters. The minimum absolute atomic E-state index is 0.0243. The van der Waals surface area contributed by atoms with E-state index < -0.39 is 17.5 Å². The summed E-state index contributed by atoms with van der Waals surface area (Å²) in [4.78, 5) is 10.8. The van der Waals surface area contributed by atoms with Crippen LogP contribution in [-0.2, 0) is 9.53 Å². The monoisotopic (exact) mass is 190 g/mol. The number of rotatable bonds is 5. The van der Waals surface area contributed by atoms with Crippen LogP contribution in [0.15, 0.2) is 0 Å². The van der Waals surface area contributed by atoms with Crippen molar-refractivity contribution in [3.8, 4) is 0 Å². The maximum absolute atomic E-state index is 10.8. The molecule has 0 aromatic carbocycles. The van der Waals surface area contributed by atoms with Crippen molar-refractivity contribution in [1.82, 2.24) is 0 Å². The zero-order valence-corrected chi connectivity index (χ0v) is 8.41. The van der Waals surface area contributed by atoms with Crippen LogP contribution in [0.2, 0.25) is 0 Å². The molecule has 0 spiro atoms. The number of aliphatic hydroxyl groups excluding tert-OH is 1. The van der Waals surface area contributed by atoms with Crippen molar-refractivity contribution in [2.24, 2.45) is 5.41 Å². The quantitative estimate of drug-likeness (QED) is 0.632. The molecule has 0 aliphatic heterocycles. The fourth-order valence-corrected chi connectivity index (χ4v) is 0.957. The average molecular weight is 190 g/mol. The van der Waals surface area contributed by atoms with Crippen LogP contribution in [0.4, 0.5) is 0 Å². The van der Waals surface area contributed by atoms with Crippen molar-refractivity contribution in [3.05, 3.63) is 0 Å². The maximum Gasteiger partial charge on any atom is 0.333 e. The zero-order chi connectivity index (χ0) is 10.5. The van der Waals surface area contributed by atoms with Gasteiger partial charge in [-0.1, -0.05) is 20.8 Å². The Morgan fingerprint density at radius 3 is 2.31 bits per heavy atom. The summed E-state index contributed by atoms with van der Waals surface area (Å²) in [6, 6.07) is 0. The topological polar surface area (TPSA) is 66.8 Å². The SMILES string of the molecule is CC(C)(C)C(OCCCO)C(=O)O. The van der Waals surface area contributed by atoms with E-state index in [1.165, 1.54) is 0 Å². The first kappa shape index (κ1) is 12.4. The standard InChI is InChI=1S/C9H18O4/c1-9(2,3)7(8(11)12)13-6-4-5-10/h7,10H,4-6H2,1-3H3,(H,11,12). The number of aliphatic hydroxyl groups is 1. The minimum atomic E-state index is -0.953. The van der Waals surface area contributed by atoms with E-state index in [0.29, 0.717) is 6.42 Å². The van der Waals surface area contributed by atoms with Crippen LogP contribution in [0.25, 0.3) is 0 Å². The molecule has 0 radical (unpaired) electrons. The Balaban J connectivity index is 4.04. The van der Waals surface area contributed by atoms with E-state index in [1.54, 1.807) is 0 Å². The first-order valence-electron chi connectivity index (χ1n) is 4.35. The summed E-state index contributed by atoms with van der Waals surface area (Å²) >= 11 is 0. The van der Waals surface area contributed by atoms with Gasteiger partial charge in [-0.2, -0.15) is 0 Å². The van der Waals surface area contributed by atoms with Crippen LogP contribution >= 0.6 is 0 Å². The molecule has 0 aromatic rings. The van der Waals surface area contributed by atoms with E-state index in [2.05, 4.69) is 0 Å². The molecule has 0 fully saturated rings. The third kappa shape index (κ3) is 4.85. The fourth-order valence-electron chi connectivity index (χ4n) is 0.957. The lowest BCUT2D eigenvalue weighted by molar-refractivity contribution is -0.158. The molecule has 2 N–H and O–H groups in total. The highest BCUT2D eigenvalue weighted by Crippen LogP contribution is 2.22. The molecular weight excluding hydrogens is 172 g/mol. The van der Waals surface area contributed by atoms with E-state index in [1.807, 2.05) is 20.8 Å². The Kier molecular flexibility index (Phi) is 4.95. The first-order valence-corrected chi connectivity index (χ1v) is 4.35. The molecule has 0 saturated heterocycles. The van der Waals surface area contributed by atoms with Gasteiger partial charge < -0.3 is 14.9 Å². The van der Waals surface area contributed by atoms with Gasteiger partial charge in [-0.15, -0.1) is 0 Å². The van der Waals surface area contributed by atoms with Crippen molar-refractivity contribution >= 4 is 5.97 Å². The normalized spacial score (nSPS) is 14.2. The van der Waals surface area contributed by atoms with Crippen molar-refractivity contribution in [2.45, 2.75) is 33.3 Å². The van der Waals surface area contributed by atoms with Gasteiger partial charge in [0.2, 0.25) is 0 Å². The second-order valence-corrected chi connectivity index (χ2v) is 4.03. The molecule has 78 valence electrons. The van der Waals surface area contributed by atoms with Crippen molar-refractivity contribution < 1.29 is 19.7 Å². The lowest BCUT2D eigenvalue weighted by Gasteiger charge is -2.26. The number of ether oxygens (including phenoxy) is 1. The third-order valence-electron chi connectivity index (χ3n) is 1.60. The molecule has 0 rings (SSSR count).